The summed E-state index contributed by atoms with van der Waals surface area (Å²) < 4.78 is 11.1. The first kappa shape index (κ1) is 22.7. The van der Waals surface area contributed by atoms with E-state index in [1.54, 1.807) is 21.9 Å². The van der Waals surface area contributed by atoms with Crippen molar-refractivity contribution in [2.45, 2.75) is 20.0 Å². The minimum atomic E-state index is -0.151. The highest BCUT2D eigenvalue weighted by Crippen LogP contribution is 2.28. The number of para-hydroxylation sites is 1. The topological polar surface area (TPSA) is 75.9 Å². The van der Waals surface area contributed by atoms with Crippen molar-refractivity contribution in [1.29, 1.82) is 0 Å². The third kappa shape index (κ3) is 4.75. The fourth-order valence-corrected chi connectivity index (χ4v) is 4.34. The molecule has 0 spiro atoms. The highest BCUT2D eigenvalue weighted by atomic mass is 16.5. The van der Waals surface area contributed by atoms with E-state index in [1.165, 1.54) is 6.26 Å². The van der Waals surface area contributed by atoms with Crippen molar-refractivity contribution in [1.82, 2.24) is 14.8 Å². The van der Waals surface area contributed by atoms with Gasteiger partial charge in [0.1, 0.15) is 5.75 Å². The number of rotatable bonds is 5. The molecule has 0 radical (unpaired) electrons. The molecular formula is C28H27N3O4. The van der Waals surface area contributed by atoms with E-state index in [-0.39, 0.29) is 17.9 Å². The van der Waals surface area contributed by atoms with Crippen molar-refractivity contribution in [2.75, 3.05) is 26.2 Å². The second-order valence-corrected chi connectivity index (χ2v) is 8.83. The van der Waals surface area contributed by atoms with Gasteiger partial charge in [-0.2, -0.15) is 0 Å². The summed E-state index contributed by atoms with van der Waals surface area (Å²) in [7, 11) is 0. The number of benzene rings is 2. The Hall–Kier alpha value is -4.13. The molecule has 1 aliphatic heterocycles. The van der Waals surface area contributed by atoms with Crippen molar-refractivity contribution >= 4 is 22.7 Å². The Kier molecular flexibility index (Phi) is 6.23. The van der Waals surface area contributed by atoms with Crippen LogP contribution in [-0.4, -0.2) is 58.9 Å². The van der Waals surface area contributed by atoms with Gasteiger partial charge in [0, 0.05) is 37.1 Å². The Morgan fingerprint density at radius 1 is 0.886 bits per heavy atom. The van der Waals surface area contributed by atoms with Gasteiger partial charge in [0.15, 0.2) is 5.76 Å². The molecule has 2 aromatic heterocycles. The maximum atomic E-state index is 13.7. The van der Waals surface area contributed by atoms with Gasteiger partial charge < -0.3 is 19.0 Å². The van der Waals surface area contributed by atoms with E-state index in [0.29, 0.717) is 43.2 Å². The number of carbonyl (C=O) groups excluding carboxylic acids is 2. The van der Waals surface area contributed by atoms with Crippen LogP contribution in [0.25, 0.3) is 22.2 Å². The number of ether oxygens (including phenoxy) is 1. The number of pyridine rings is 1. The number of carbonyl (C=O) groups is 2. The summed E-state index contributed by atoms with van der Waals surface area (Å²) in [6.07, 6.45) is 1.55. The van der Waals surface area contributed by atoms with Crippen molar-refractivity contribution in [2.24, 2.45) is 0 Å². The van der Waals surface area contributed by atoms with Gasteiger partial charge in [-0.3, -0.25) is 9.59 Å². The van der Waals surface area contributed by atoms with Gasteiger partial charge in [-0.1, -0.05) is 30.3 Å². The molecule has 0 aliphatic carbocycles. The molecule has 1 aliphatic rings. The van der Waals surface area contributed by atoms with E-state index >= 15 is 0 Å². The zero-order valence-corrected chi connectivity index (χ0v) is 19.8. The average molecular weight is 470 g/mol. The molecule has 2 aromatic carbocycles. The van der Waals surface area contributed by atoms with Crippen LogP contribution in [-0.2, 0) is 0 Å². The maximum Gasteiger partial charge on any atom is 0.289 e. The van der Waals surface area contributed by atoms with Gasteiger partial charge in [0.2, 0.25) is 0 Å². The van der Waals surface area contributed by atoms with E-state index < -0.39 is 0 Å². The zero-order valence-electron chi connectivity index (χ0n) is 19.8. The number of hydrogen-bond acceptors (Lipinski definition) is 5. The number of aromatic nitrogens is 1. The van der Waals surface area contributed by atoms with Crippen LogP contribution in [0.1, 0.15) is 34.8 Å². The van der Waals surface area contributed by atoms with Crippen LogP contribution in [0.5, 0.6) is 5.75 Å². The van der Waals surface area contributed by atoms with Crippen molar-refractivity contribution in [3.05, 3.63) is 84.3 Å². The Morgan fingerprint density at radius 2 is 1.63 bits per heavy atom. The fraction of sp³-hybridized carbons (Fsp3) is 0.250. The predicted octanol–water partition coefficient (Wildman–Crippen LogP) is 4.88. The summed E-state index contributed by atoms with van der Waals surface area (Å²) in [6.45, 7) is 5.79. The van der Waals surface area contributed by atoms with Crippen LogP contribution >= 0.6 is 0 Å². The van der Waals surface area contributed by atoms with Crippen molar-refractivity contribution in [3.63, 3.8) is 0 Å². The summed E-state index contributed by atoms with van der Waals surface area (Å²) >= 11 is 0. The van der Waals surface area contributed by atoms with Crippen LogP contribution < -0.4 is 4.74 Å². The Morgan fingerprint density at radius 3 is 2.34 bits per heavy atom. The molecule has 5 rings (SSSR count). The van der Waals surface area contributed by atoms with Crippen LogP contribution in [0.2, 0.25) is 0 Å². The minimum Gasteiger partial charge on any atom is -0.491 e. The molecule has 7 nitrogen and oxygen atoms in total. The summed E-state index contributed by atoms with van der Waals surface area (Å²) in [6, 6.07) is 20.7. The number of nitrogens with zero attached hydrogens (tertiary/aromatic N) is 3. The number of fused-ring (bicyclic) bond motifs is 1. The van der Waals surface area contributed by atoms with E-state index in [1.807, 2.05) is 68.4 Å². The van der Waals surface area contributed by atoms with Gasteiger partial charge >= 0.3 is 0 Å². The third-order valence-corrected chi connectivity index (χ3v) is 6.03. The number of furan rings is 1. The van der Waals surface area contributed by atoms with Crippen LogP contribution in [0.3, 0.4) is 0 Å². The lowest BCUT2D eigenvalue weighted by Crippen LogP contribution is -2.50. The molecule has 0 unspecified atom stereocenters. The third-order valence-electron chi connectivity index (χ3n) is 6.03. The summed E-state index contributed by atoms with van der Waals surface area (Å²) in [5.74, 6) is 0.864. The van der Waals surface area contributed by atoms with Crippen molar-refractivity contribution in [3.8, 4) is 17.0 Å². The molecule has 0 bridgehead atoms. The van der Waals surface area contributed by atoms with Crippen LogP contribution in [0, 0.1) is 0 Å². The lowest BCUT2D eigenvalue weighted by atomic mass is 10.0. The molecule has 4 aromatic rings. The summed E-state index contributed by atoms with van der Waals surface area (Å²) in [5.41, 5.74) is 2.96. The van der Waals surface area contributed by atoms with Crippen LogP contribution in [0.15, 0.2) is 77.4 Å². The number of hydrogen-bond donors (Lipinski definition) is 0. The molecule has 1 saturated heterocycles. The molecule has 35 heavy (non-hydrogen) atoms. The van der Waals surface area contributed by atoms with Gasteiger partial charge in [-0.05, 0) is 50.2 Å². The lowest BCUT2D eigenvalue weighted by Gasteiger charge is -2.34. The standard InChI is InChI=1S/C28H27N3O4/c1-19(2)35-21-8-5-7-20(17-21)25-18-23(22-9-3-4-10-24(22)29-25)27(32)30-12-14-31(15-13-30)28(33)26-11-6-16-34-26/h3-11,16-19H,12-15H2,1-2H3. The minimum absolute atomic E-state index is 0.0604. The molecule has 3 heterocycles. The van der Waals surface area contributed by atoms with Crippen molar-refractivity contribution < 1.29 is 18.7 Å². The van der Waals surface area contributed by atoms with Gasteiger partial charge in [-0.15, -0.1) is 0 Å². The molecule has 1 fully saturated rings. The van der Waals surface area contributed by atoms with Gasteiger partial charge in [-0.25, -0.2) is 4.98 Å². The normalized spacial score (nSPS) is 13.9. The van der Waals surface area contributed by atoms with E-state index in [9.17, 15) is 9.59 Å². The molecule has 2 amide bonds. The van der Waals surface area contributed by atoms with Gasteiger partial charge in [0.25, 0.3) is 11.8 Å². The van der Waals surface area contributed by atoms with Crippen LogP contribution in [0.4, 0.5) is 0 Å². The maximum absolute atomic E-state index is 13.7. The Balaban J connectivity index is 1.42. The Labute approximate surface area is 203 Å². The molecule has 0 N–H and O–H groups in total. The monoisotopic (exact) mass is 469 g/mol. The molecule has 0 atom stereocenters. The average Bonchev–Trinajstić information content (AvgIpc) is 3.42. The first-order valence-corrected chi connectivity index (χ1v) is 11.8. The zero-order chi connectivity index (χ0) is 24.4. The summed E-state index contributed by atoms with van der Waals surface area (Å²) in [4.78, 5) is 34.6. The number of amides is 2. The first-order valence-electron chi connectivity index (χ1n) is 11.8. The SMILES string of the molecule is CC(C)Oc1cccc(-c2cc(C(=O)N3CCN(C(=O)c4ccco4)CC3)c3ccccc3n2)c1. The second kappa shape index (κ2) is 9.62. The highest BCUT2D eigenvalue weighted by Gasteiger charge is 2.27. The predicted molar refractivity (Wildman–Crippen MR) is 133 cm³/mol. The van der Waals surface area contributed by atoms with E-state index in [2.05, 4.69) is 0 Å². The molecule has 7 heteroatoms. The summed E-state index contributed by atoms with van der Waals surface area (Å²) in [5, 5.41) is 0.810. The van der Waals surface area contributed by atoms with E-state index in [4.69, 9.17) is 14.1 Å². The lowest BCUT2D eigenvalue weighted by molar-refractivity contribution is 0.0519. The van der Waals surface area contributed by atoms with E-state index in [0.717, 1.165) is 22.2 Å². The number of piperazine rings is 1. The fourth-order valence-electron chi connectivity index (χ4n) is 4.34. The van der Waals surface area contributed by atoms with Gasteiger partial charge in [0.05, 0.1) is 29.1 Å². The molecule has 178 valence electrons. The largest absolute Gasteiger partial charge is 0.491 e. The smallest absolute Gasteiger partial charge is 0.289 e. The highest BCUT2D eigenvalue weighted by molar-refractivity contribution is 6.07. The second-order valence-electron chi connectivity index (χ2n) is 8.83. The first-order chi connectivity index (χ1) is 17.0. The molecular weight excluding hydrogens is 442 g/mol. The Bertz CT molecular complexity index is 1360. The quantitative estimate of drug-likeness (QED) is 0.416. The molecule has 0 saturated carbocycles.